The van der Waals surface area contributed by atoms with Gasteiger partial charge in [0.05, 0.1) is 13.3 Å². The van der Waals surface area contributed by atoms with Crippen molar-refractivity contribution in [2.24, 2.45) is 0 Å². The summed E-state index contributed by atoms with van der Waals surface area (Å²) in [4.78, 5) is 9.50. The maximum atomic E-state index is 5.26. The summed E-state index contributed by atoms with van der Waals surface area (Å²) in [5.74, 6) is 0.851. The minimum absolute atomic E-state index is 0.707. The number of piperidine rings is 1. The highest BCUT2D eigenvalue weighted by molar-refractivity contribution is 5.58. The van der Waals surface area contributed by atoms with Crippen LogP contribution in [0.1, 0.15) is 24.0 Å². The quantitative estimate of drug-likeness (QED) is 0.838. The third-order valence-electron chi connectivity index (χ3n) is 5.64. The van der Waals surface area contributed by atoms with E-state index in [-0.39, 0.29) is 0 Å². The number of hydrogen-bond acceptors (Lipinski definition) is 4. The van der Waals surface area contributed by atoms with Crippen molar-refractivity contribution in [2.75, 3.05) is 38.2 Å². The lowest BCUT2D eigenvalue weighted by Gasteiger charge is -2.38. The van der Waals surface area contributed by atoms with Crippen molar-refractivity contribution in [3.63, 3.8) is 0 Å². The predicted octanol–water partition coefficient (Wildman–Crippen LogP) is 3.16. The molecule has 1 aromatic carbocycles. The van der Waals surface area contributed by atoms with Gasteiger partial charge in [-0.15, -0.1) is 0 Å². The first-order valence-corrected chi connectivity index (χ1v) is 9.38. The molecule has 4 heteroatoms. The number of aromatic nitrogens is 1. The van der Waals surface area contributed by atoms with Crippen molar-refractivity contribution in [3.05, 3.63) is 53.9 Å². The Labute approximate surface area is 150 Å². The zero-order valence-corrected chi connectivity index (χ0v) is 15.0. The molecule has 0 radical (unpaired) electrons. The molecule has 0 saturated carbocycles. The van der Waals surface area contributed by atoms with Crippen LogP contribution in [0.3, 0.4) is 0 Å². The number of methoxy groups -OCH3 is 1. The lowest BCUT2D eigenvalue weighted by molar-refractivity contribution is 0.212. The third-order valence-corrected chi connectivity index (χ3v) is 5.64. The standard InChI is InChI=1S/C21H27N3O/c1-25-20-14-17(15-22-16-20)6-10-23-11-8-19(9-12-23)24-13-7-18-4-2-3-5-21(18)24/h2-5,14-16,19H,6-13H2,1H3. The Morgan fingerprint density at radius 2 is 1.96 bits per heavy atom. The van der Waals surface area contributed by atoms with Crippen LogP contribution in [-0.4, -0.2) is 49.2 Å². The number of nitrogens with zero attached hydrogens (tertiary/aromatic N) is 3. The molecule has 0 aliphatic carbocycles. The molecule has 0 N–H and O–H groups in total. The van der Waals surface area contributed by atoms with Gasteiger partial charge >= 0.3 is 0 Å². The van der Waals surface area contributed by atoms with Gasteiger partial charge in [0.1, 0.15) is 5.75 Å². The molecule has 2 aromatic rings. The van der Waals surface area contributed by atoms with Gasteiger partial charge in [0.15, 0.2) is 0 Å². The summed E-state index contributed by atoms with van der Waals surface area (Å²) < 4.78 is 5.26. The van der Waals surface area contributed by atoms with Gasteiger partial charge in [-0.25, -0.2) is 0 Å². The smallest absolute Gasteiger partial charge is 0.137 e. The molecule has 2 aliphatic rings. The van der Waals surface area contributed by atoms with E-state index in [9.17, 15) is 0 Å². The maximum Gasteiger partial charge on any atom is 0.137 e. The number of hydrogen-bond donors (Lipinski definition) is 0. The topological polar surface area (TPSA) is 28.6 Å². The van der Waals surface area contributed by atoms with Crippen LogP contribution in [0.4, 0.5) is 5.69 Å². The average molecular weight is 337 g/mol. The second-order valence-electron chi connectivity index (χ2n) is 7.13. The predicted molar refractivity (Wildman–Crippen MR) is 101 cm³/mol. The van der Waals surface area contributed by atoms with Crippen molar-refractivity contribution >= 4 is 5.69 Å². The van der Waals surface area contributed by atoms with Gasteiger partial charge < -0.3 is 14.5 Å². The Morgan fingerprint density at radius 1 is 1.12 bits per heavy atom. The number of para-hydroxylation sites is 1. The van der Waals surface area contributed by atoms with E-state index in [1.165, 1.54) is 55.7 Å². The van der Waals surface area contributed by atoms with Crippen LogP contribution in [0.2, 0.25) is 0 Å². The van der Waals surface area contributed by atoms with E-state index in [1.54, 1.807) is 13.3 Å². The van der Waals surface area contributed by atoms with E-state index in [0.29, 0.717) is 6.04 Å². The monoisotopic (exact) mass is 337 g/mol. The fourth-order valence-corrected chi connectivity index (χ4v) is 4.20. The molecule has 132 valence electrons. The number of pyridine rings is 1. The molecule has 0 spiro atoms. The summed E-state index contributed by atoms with van der Waals surface area (Å²) in [6.07, 6.45) is 8.51. The Hall–Kier alpha value is -2.07. The van der Waals surface area contributed by atoms with Crippen molar-refractivity contribution < 1.29 is 4.74 Å². The van der Waals surface area contributed by atoms with Gasteiger partial charge in [0.25, 0.3) is 0 Å². The van der Waals surface area contributed by atoms with Crippen LogP contribution in [0.15, 0.2) is 42.7 Å². The second-order valence-corrected chi connectivity index (χ2v) is 7.13. The zero-order chi connectivity index (χ0) is 17.1. The van der Waals surface area contributed by atoms with Crippen LogP contribution in [0.5, 0.6) is 5.75 Å². The van der Waals surface area contributed by atoms with Crippen molar-refractivity contribution in [2.45, 2.75) is 31.7 Å². The minimum Gasteiger partial charge on any atom is -0.495 e. The molecule has 0 amide bonds. The molecule has 2 aliphatic heterocycles. The first kappa shape index (κ1) is 16.4. The Kier molecular flexibility index (Phi) is 4.88. The van der Waals surface area contributed by atoms with E-state index >= 15 is 0 Å². The average Bonchev–Trinajstić information content (AvgIpc) is 3.11. The molecule has 0 atom stereocenters. The summed E-state index contributed by atoms with van der Waals surface area (Å²) >= 11 is 0. The lowest BCUT2D eigenvalue weighted by atomic mass is 10.0. The summed E-state index contributed by atoms with van der Waals surface area (Å²) in [5.41, 5.74) is 4.26. The van der Waals surface area contributed by atoms with Gasteiger partial charge in [-0.3, -0.25) is 4.98 Å². The van der Waals surface area contributed by atoms with E-state index in [2.05, 4.69) is 45.1 Å². The molecule has 3 heterocycles. The van der Waals surface area contributed by atoms with E-state index in [4.69, 9.17) is 4.74 Å². The number of fused-ring (bicyclic) bond motifs is 1. The molecule has 4 nitrogen and oxygen atoms in total. The highest BCUT2D eigenvalue weighted by atomic mass is 16.5. The molecule has 1 aromatic heterocycles. The summed E-state index contributed by atoms with van der Waals surface area (Å²) in [6, 6.07) is 11.7. The summed E-state index contributed by atoms with van der Waals surface area (Å²) in [5, 5.41) is 0. The molecule has 4 rings (SSSR count). The molecular formula is C21H27N3O. The highest BCUT2D eigenvalue weighted by Gasteiger charge is 2.28. The van der Waals surface area contributed by atoms with Crippen LogP contribution >= 0.6 is 0 Å². The highest BCUT2D eigenvalue weighted by Crippen LogP contribution is 2.32. The minimum atomic E-state index is 0.707. The number of benzene rings is 1. The van der Waals surface area contributed by atoms with Gasteiger partial charge in [-0.05, 0) is 48.9 Å². The molecule has 1 saturated heterocycles. The summed E-state index contributed by atoms with van der Waals surface area (Å²) in [6.45, 7) is 4.69. The maximum absolute atomic E-state index is 5.26. The number of anilines is 1. The molecular weight excluding hydrogens is 310 g/mol. The largest absolute Gasteiger partial charge is 0.495 e. The first-order chi connectivity index (χ1) is 12.3. The summed E-state index contributed by atoms with van der Waals surface area (Å²) in [7, 11) is 1.70. The fraction of sp³-hybridized carbons (Fsp3) is 0.476. The number of ether oxygens (including phenoxy) is 1. The van der Waals surface area contributed by atoms with Crippen LogP contribution in [0.25, 0.3) is 0 Å². The van der Waals surface area contributed by atoms with Gasteiger partial charge in [0, 0.05) is 44.1 Å². The first-order valence-electron chi connectivity index (χ1n) is 9.38. The molecule has 25 heavy (non-hydrogen) atoms. The van der Waals surface area contributed by atoms with Crippen LogP contribution in [-0.2, 0) is 12.8 Å². The number of rotatable bonds is 5. The Bertz CT molecular complexity index is 710. The third kappa shape index (κ3) is 3.64. The van der Waals surface area contributed by atoms with Crippen LogP contribution in [0, 0.1) is 0 Å². The van der Waals surface area contributed by atoms with Crippen molar-refractivity contribution in [1.29, 1.82) is 0 Å². The molecule has 0 bridgehead atoms. The van der Waals surface area contributed by atoms with E-state index < -0.39 is 0 Å². The fourth-order valence-electron chi connectivity index (χ4n) is 4.20. The van der Waals surface area contributed by atoms with Crippen molar-refractivity contribution in [3.8, 4) is 5.75 Å². The zero-order valence-electron chi connectivity index (χ0n) is 15.0. The van der Waals surface area contributed by atoms with Gasteiger partial charge in [0.2, 0.25) is 0 Å². The molecule has 1 fully saturated rings. The second kappa shape index (κ2) is 7.44. The number of likely N-dealkylation sites (tertiary alicyclic amines) is 1. The normalized spacial score (nSPS) is 18.4. The Balaban J connectivity index is 1.29. The Morgan fingerprint density at radius 3 is 2.80 bits per heavy atom. The van der Waals surface area contributed by atoms with Crippen molar-refractivity contribution in [1.82, 2.24) is 9.88 Å². The van der Waals surface area contributed by atoms with Gasteiger partial charge in [-0.1, -0.05) is 18.2 Å². The SMILES string of the molecule is COc1cncc(CCN2CCC(N3CCc4ccccc43)CC2)c1. The van der Waals surface area contributed by atoms with Crippen LogP contribution < -0.4 is 9.64 Å². The van der Waals surface area contributed by atoms with Gasteiger partial charge in [-0.2, -0.15) is 0 Å². The molecule has 0 unspecified atom stereocenters. The van der Waals surface area contributed by atoms with E-state index in [0.717, 1.165) is 18.7 Å². The lowest BCUT2D eigenvalue weighted by Crippen LogP contribution is -2.44. The van der Waals surface area contributed by atoms with E-state index in [1.807, 2.05) is 6.20 Å².